The summed E-state index contributed by atoms with van der Waals surface area (Å²) in [5.74, 6) is 1.78. The van der Waals surface area contributed by atoms with Crippen molar-refractivity contribution in [3.05, 3.63) is 23.9 Å². The summed E-state index contributed by atoms with van der Waals surface area (Å²) in [4.78, 5) is 4.33. The summed E-state index contributed by atoms with van der Waals surface area (Å²) < 4.78 is 0. The highest BCUT2D eigenvalue weighted by Gasteiger charge is 2.41. The summed E-state index contributed by atoms with van der Waals surface area (Å²) in [5.41, 5.74) is 1.67. The van der Waals surface area contributed by atoms with Crippen LogP contribution in [0, 0.1) is 12.3 Å². The molecule has 1 N–H and O–H groups in total. The third-order valence-corrected chi connectivity index (χ3v) is 3.41. The molecule has 3 heteroatoms. The average molecular weight is 225 g/mol. The number of anilines is 1. The minimum absolute atomic E-state index is 0.464. The first kappa shape index (κ1) is 10.7. The van der Waals surface area contributed by atoms with E-state index in [9.17, 15) is 0 Å². The van der Waals surface area contributed by atoms with E-state index in [0.717, 1.165) is 24.7 Å². The lowest BCUT2D eigenvalue weighted by Gasteiger charge is -2.15. The van der Waals surface area contributed by atoms with Crippen molar-refractivity contribution in [3.8, 4) is 0 Å². The molecule has 1 aromatic rings. The Balaban J connectivity index is 1.91. The van der Waals surface area contributed by atoms with Gasteiger partial charge in [-0.25, -0.2) is 4.98 Å². The molecule has 82 valence electrons. The van der Waals surface area contributed by atoms with E-state index in [1.807, 2.05) is 12.3 Å². The molecule has 15 heavy (non-hydrogen) atoms. The number of pyridine rings is 1. The summed E-state index contributed by atoms with van der Waals surface area (Å²) >= 11 is 5.80. The van der Waals surface area contributed by atoms with Crippen molar-refractivity contribution < 1.29 is 0 Å². The molecule has 0 saturated heterocycles. The predicted octanol–water partition coefficient (Wildman–Crippen LogP) is 3.21. The van der Waals surface area contributed by atoms with Crippen LogP contribution in [-0.2, 0) is 0 Å². The Morgan fingerprint density at radius 3 is 2.93 bits per heavy atom. The van der Waals surface area contributed by atoms with Crippen molar-refractivity contribution in [3.63, 3.8) is 0 Å². The zero-order valence-electron chi connectivity index (χ0n) is 9.09. The van der Waals surface area contributed by atoms with Crippen molar-refractivity contribution in [2.75, 3.05) is 17.7 Å². The molecule has 1 aliphatic carbocycles. The largest absolute Gasteiger partial charge is 0.369 e. The fourth-order valence-corrected chi connectivity index (χ4v) is 2.24. The van der Waals surface area contributed by atoms with E-state index in [-0.39, 0.29) is 0 Å². The maximum absolute atomic E-state index is 5.80. The molecule has 2 nitrogen and oxygen atoms in total. The zero-order chi connectivity index (χ0) is 10.7. The second-order valence-corrected chi connectivity index (χ2v) is 4.84. The van der Waals surface area contributed by atoms with Crippen LogP contribution >= 0.6 is 11.6 Å². The van der Waals surface area contributed by atoms with Crippen LogP contribution in [-0.4, -0.2) is 17.4 Å². The van der Waals surface area contributed by atoms with Gasteiger partial charge in [0.2, 0.25) is 0 Å². The molecule has 0 spiro atoms. The first-order chi connectivity index (χ1) is 7.26. The Kier molecular flexibility index (Phi) is 3.15. The average Bonchev–Trinajstić information content (AvgIpc) is 2.98. The van der Waals surface area contributed by atoms with Crippen LogP contribution < -0.4 is 5.32 Å². The first-order valence-corrected chi connectivity index (χ1v) is 6.01. The number of hydrogen-bond acceptors (Lipinski definition) is 2. The van der Waals surface area contributed by atoms with E-state index >= 15 is 0 Å². The Bertz CT molecular complexity index is 334. The molecule has 1 aliphatic rings. The molecule has 0 aromatic carbocycles. The molecular weight excluding hydrogens is 208 g/mol. The van der Waals surface area contributed by atoms with Gasteiger partial charge in [-0.3, -0.25) is 0 Å². The molecule has 0 aliphatic heterocycles. The molecule has 1 aromatic heterocycles. The fourth-order valence-electron chi connectivity index (χ4n) is 1.83. The summed E-state index contributed by atoms with van der Waals surface area (Å²) in [5, 5.41) is 3.43. The van der Waals surface area contributed by atoms with E-state index in [2.05, 4.69) is 23.3 Å². The van der Waals surface area contributed by atoms with E-state index in [1.165, 1.54) is 18.4 Å². The molecule has 2 rings (SSSR count). The summed E-state index contributed by atoms with van der Waals surface area (Å²) in [6.07, 6.45) is 5.56. The number of aromatic nitrogens is 1. The molecule has 0 unspecified atom stereocenters. The molecule has 1 heterocycles. The highest BCUT2D eigenvalue weighted by atomic mass is 35.5. The van der Waals surface area contributed by atoms with Gasteiger partial charge in [-0.05, 0) is 43.2 Å². The summed E-state index contributed by atoms with van der Waals surface area (Å²) in [7, 11) is 0. The Labute approximate surface area is 96.1 Å². The molecule has 1 fully saturated rings. The maximum Gasteiger partial charge on any atom is 0.128 e. The van der Waals surface area contributed by atoms with Crippen molar-refractivity contribution >= 4 is 17.4 Å². The van der Waals surface area contributed by atoms with E-state index in [0.29, 0.717) is 5.41 Å². The highest BCUT2D eigenvalue weighted by Crippen LogP contribution is 2.48. The monoisotopic (exact) mass is 224 g/mol. The van der Waals surface area contributed by atoms with Crippen LogP contribution in [0.25, 0.3) is 0 Å². The minimum atomic E-state index is 0.464. The standard InChI is InChI=1S/C12H17ClN2/c1-10-3-2-8-14-11(10)15-9-12(4-5-12)6-7-13/h2-3,8H,4-7,9H2,1H3,(H,14,15). The molecule has 0 bridgehead atoms. The van der Waals surface area contributed by atoms with Gasteiger partial charge in [-0.15, -0.1) is 11.6 Å². The molecule has 0 radical (unpaired) electrons. The molecule has 1 saturated carbocycles. The van der Waals surface area contributed by atoms with Crippen LogP contribution in [0.2, 0.25) is 0 Å². The number of nitrogens with one attached hydrogen (secondary N) is 1. The van der Waals surface area contributed by atoms with Crippen molar-refractivity contribution in [2.24, 2.45) is 5.41 Å². The number of hydrogen-bond donors (Lipinski definition) is 1. The van der Waals surface area contributed by atoms with Gasteiger partial charge >= 0.3 is 0 Å². The van der Waals surface area contributed by atoms with Gasteiger partial charge in [0.15, 0.2) is 0 Å². The van der Waals surface area contributed by atoms with Gasteiger partial charge in [-0.1, -0.05) is 6.07 Å². The van der Waals surface area contributed by atoms with Crippen LogP contribution in [0.4, 0.5) is 5.82 Å². The summed E-state index contributed by atoms with van der Waals surface area (Å²) in [6.45, 7) is 3.09. The third-order valence-electron chi connectivity index (χ3n) is 3.22. The van der Waals surface area contributed by atoms with Crippen LogP contribution in [0.15, 0.2) is 18.3 Å². The Hall–Kier alpha value is -0.760. The van der Waals surface area contributed by atoms with E-state index < -0.39 is 0 Å². The minimum Gasteiger partial charge on any atom is -0.369 e. The Morgan fingerprint density at radius 1 is 1.53 bits per heavy atom. The van der Waals surface area contributed by atoms with Crippen LogP contribution in [0.1, 0.15) is 24.8 Å². The van der Waals surface area contributed by atoms with Crippen LogP contribution in [0.5, 0.6) is 0 Å². The van der Waals surface area contributed by atoms with Crippen LogP contribution in [0.3, 0.4) is 0 Å². The number of rotatable bonds is 5. The predicted molar refractivity (Wildman–Crippen MR) is 64.5 cm³/mol. The number of nitrogens with zero attached hydrogens (tertiary/aromatic N) is 1. The van der Waals surface area contributed by atoms with Gasteiger partial charge in [0, 0.05) is 18.6 Å². The SMILES string of the molecule is Cc1cccnc1NCC1(CCCl)CC1. The lowest BCUT2D eigenvalue weighted by Crippen LogP contribution is -2.17. The molecule has 0 atom stereocenters. The van der Waals surface area contributed by atoms with Gasteiger partial charge in [0.1, 0.15) is 5.82 Å². The zero-order valence-corrected chi connectivity index (χ0v) is 9.85. The van der Waals surface area contributed by atoms with E-state index in [4.69, 9.17) is 11.6 Å². The smallest absolute Gasteiger partial charge is 0.128 e. The second-order valence-electron chi connectivity index (χ2n) is 4.46. The second kappa shape index (κ2) is 4.40. The first-order valence-electron chi connectivity index (χ1n) is 5.47. The van der Waals surface area contributed by atoms with Gasteiger partial charge in [-0.2, -0.15) is 0 Å². The Morgan fingerprint density at radius 2 is 2.33 bits per heavy atom. The molecule has 0 amide bonds. The quantitative estimate of drug-likeness (QED) is 0.777. The fraction of sp³-hybridized carbons (Fsp3) is 0.583. The normalized spacial score (nSPS) is 17.5. The lowest BCUT2D eigenvalue weighted by molar-refractivity contribution is 0.524. The van der Waals surface area contributed by atoms with Crippen molar-refractivity contribution in [1.82, 2.24) is 4.98 Å². The van der Waals surface area contributed by atoms with Gasteiger partial charge < -0.3 is 5.32 Å². The third kappa shape index (κ3) is 2.63. The topological polar surface area (TPSA) is 24.9 Å². The number of aryl methyl sites for hydroxylation is 1. The van der Waals surface area contributed by atoms with Gasteiger partial charge in [0.05, 0.1) is 0 Å². The highest BCUT2D eigenvalue weighted by molar-refractivity contribution is 6.17. The lowest BCUT2D eigenvalue weighted by atomic mass is 10.0. The maximum atomic E-state index is 5.80. The summed E-state index contributed by atoms with van der Waals surface area (Å²) in [6, 6.07) is 4.04. The van der Waals surface area contributed by atoms with Gasteiger partial charge in [0.25, 0.3) is 0 Å². The van der Waals surface area contributed by atoms with Crippen molar-refractivity contribution in [1.29, 1.82) is 0 Å². The van der Waals surface area contributed by atoms with E-state index in [1.54, 1.807) is 0 Å². The number of alkyl halides is 1. The van der Waals surface area contributed by atoms with Crippen molar-refractivity contribution in [2.45, 2.75) is 26.2 Å². The number of halogens is 1. The molecular formula is C12H17ClN2.